The maximum absolute atomic E-state index is 12.2. The van der Waals surface area contributed by atoms with E-state index in [0.29, 0.717) is 31.4 Å². The number of nitrogens with one attached hydrogen (secondary N) is 1. The average molecular weight is 292 g/mol. The highest BCUT2D eigenvalue weighted by Crippen LogP contribution is 2.12. The minimum absolute atomic E-state index is 0.119. The zero-order valence-corrected chi connectivity index (χ0v) is 12.9. The maximum Gasteiger partial charge on any atom is 0.270 e. The number of carbonyl (C=O) groups excluding carboxylic acids is 1. The molecule has 1 fully saturated rings. The van der Waals surface area contributed by atoms with Crippen molar-refractivity contribution in [3.63, 3.8) is 0 Å². The number of aromatic nitrogens is 2. The molecule has 0 aliphatic carbocycles. The van der Waals surface area contributed by atoms with Crippen LogP contribution in [-0.4, -0.2) is 48.7 Å². The average Bonchev–Trinajstić information content (AvgIpc) is 2.51. The summed E-state index contributed by atoms with van der Waals surface area (Å²) >= 11 is 0. The van der Waals surface area contributed by atoms with E-state index in [2.05, 4.69) is 27.1 Å². The molecule has 0 atom stereocenters. The van der Waals surface area contributed by atoms with Gasteiger partial charge < -0.3 is 15.0 Å². The number of nitrogens with zero attached hydrogens (tertiary/aromatic N) is 3. The molecule has 0 radical (unpaired) electrons. The Morgan fingerprint density at radius 2 is 2.10 bits per heavy atom. The fourth-order valence-corrected chi connectivity index (χ4v) is 2.24. The van der Waals surface area contributed by atoms with E-state index < -0.39 is 0 Å². The number of anilines is 1. The van der Waals surface area contributed by atoms with E-state index >= 15 is 0 Å². The van der Waals surface area contributed by atoms with Gasteiger partial charge in [0.05, 0.1) is 13.2 Å². The molecule has 1 aromatic heterocycles. The van der Waals surface area contributed by atoms with Crippen LogP contribution in [0.3, 0.4) is 0 Å². The van der Waals surface area contributed by atoms with Crippen LogP contribution >= 0.6 is 0 Å². The summed E-state index contributed by atoms with van der Waals surface area (Å²) in [5.41, 5.74) is 1.26. The Labute approximate surface area is 125 Å². The number of hydrogen-bond acceptors (Lipinski definition) is 5. The van der Waals surface area contributed by atoms with Gasteiger partial charge in [-0.15, -0.1) is 0 Å². The summed E-state index contributed by atoms with van der Waals surface area (Å²) in [5.74, 6) is 0.503. The molecule has 21 heavy (non-hydrogen) atoms. The Bertz CT molecular complexity index is 473. The molecule has 1 N–H and O–H groups in total. The first-order valence-electron chi connectivity index (χ1n) is 7.67. The summed E-state index contributed by atoms with van der Waals surface area (Å²) in [5, 5.41) is 2.92. The predicted octanol–water partition coefficient (Wildman–Crippen LogP) is 1.54. The Morgan fingerprint density at radius 3 is 2.81 bits per heavy atom. The second-order valence-corrected chi connectivity index (χ2v) is 5.26. The molecule has 1 aliphatic heterocycles. The number of aryl methyl sites for hydroxylation is 1. The molecule has 1 aliphatic rings. The van der Waals surface area contributed by atoms with E-state index in [9.17, 15) is 4.79 Å². The Hall–Kier alpha value is -1.69. The Balaban J connectivity index is 2.01. The minimum atomic E-state index is -0.119. The van der Waals surface area contributed by atoms with E-state index in [0.717, 1.165) is 38.0 Å². The third kappa shape index (κ3) is 4.67. The lowest BCUT2D eigenvalue weighted by Crippen LogP contribution is -2.38. The summed E-state index contributed by atoms with van der Waals surface area (Å²) in [4.78, 5) is 23.0. The van der Waals surface area contributed by atoms with E-state index in [1.165, 1.54) is 0 Å². The molecule has 2 heterocycles. The molecule has 0 saturated carbocycles. The SMILES string of the molecule is CCCCCNC(=O)c1cc(C)nc(N2CCOCC2)n1. The quantitative estimate of drug-likeness (QED) is 0.806. The van der Waals surface area contributed by atoms with Crippen molar-refractivity contribution in [3.8, 4) is 0 Å². The highest BCUT2D eigenvalue weighted by atomic mass is 16.5. The normalized spacial score (nSPS) is 15.0. The lowest BCUT2D eigenvalue weighted by atomic mass is 10.2. The van der Waals surface area contributed by atoms with E-state index in [1.807, 2.05) is 6.92 Å². The van der Waals surface area contributed by atoms with Crippen LogP contribution in [0.5, 0.6) is 0 Å². The van der Waals surface area contributed by atoms with Gasteiger partial charge in [-0.3, -0.25) is 4.79 Å². The van der Waals surface area contributed by atoms with Crippen molar-refractivity contribution < 1.29 is 9.53 Å². The molecular weight excluding hydrogens is 268 g/mol. The fraction of sp³-hybridized carbons (Fsp3) is 0.667. The Morgan fingerprint density at radius 1 is 1.33 bits per heavy atom. The van der Waals surface area contributed by atoms with Gasteiger partial charge in [0.25, 0.3) is 5.91 Å². The zero-order valence-electron chi connectivity index (χ0n) is 12.9. The molecule has 6 nitrogen and oxygen atoms in total. The van der Waals surface area contributed by atoms with Gasteiger partial charge in [0, 0.05) is 25.3 Å². The first kappa shape index (κ1) is 15.7. The molecule has 1 amide bonds. The van der Waals surface area contributed by atoms with Crippen molar-refractivity contribution in [3.05, 3.63) is 17.5 Å². The first-order chi connectivity index (χ1) is 10.2. The predicted molar refractivity (Wildman–Crippen MR) is 81.7 cm³/mol. The molecule has 1 saturated heterocycles. The van der Waals surface area contributed by atoms with Crippen LogP contribution in [0.2, 0.25) is 0 Å². The van der Waals surface area contributed by atoms with Crippen LogP contribution in [0.15, 0.2) is 6.07 Å². The van der Waals surface area contributed by atoms with Crippen LogP contribution in [0.4, 0.5) is 5.95 Å². The zero-order chi connectivity index (χ0) is 15.1. The number of unbranched alkanes of at least 4 members (excludes halogenated alkanes) is 2. The van der Waals surface area contributed by atoms with Crippen LogP contribution in [0, 0.1) is 6.92 Å². The molecule has 0 spiro atoms. The molecular formula is C15H24N4O2. The van der Waals surface area contributed by atoms with Crippen LogP contribution < -0.4 is 10.2 Å². The standard InChI is InChI=1S/C15H24N4O2/c1-3-4-5-6-16-14(20)13-11-12(2)17-15(18-13)19-7-9-21-10-8-19/h11H,3-10H2,1-2H3,(H,16,20). The molecule has 0 unspecified atom stereocenters. The largest absolute Gasteiger partial charge is 0.378 e. The molecule has 6 heteroatoms. The van der Waals surface area contributed by atoms with Crippen LogP contribution in [0.25, 0.3) is 0 Å². The molecule has 1 aromatic rings. The van der Waals surface area contributed by atoms with Crippen molar-refractivity contribution in [1.82, 2.24) is 15.3 Å². The summed E-state index contributed by atoms with van der Waals surface area (Å²) in [6.45, 7) is 7.61. The third-order valence-corrected chi connectivity index (χ3v) is 3.43. The summed E-state index contributed by atoms with van der Waals surface area (Å²) in [7, 11) is 0. The van der Waals surface area contributed by atoms with Gasteiger partial charge in [-0.05, 0) is 19.4 Å². The third-order valence-electron chi connectivity index (χ3n) is 3.43. The number of amides is 1. The highest BCUT2D eigenvalue weighted by molar-refractivity contribution is 5.92. The summed E-state index contributed by atoms with van der Waals surface area (Å²) in [6, 6.07) is 1.74. The van der Waals surface area contributed by atoms with Gasteiger partial charge in [0.1, 0.15) is 5.69 Å². The van der Waals surface area contributed by atoms with E-state index in [-0.39, 0.29) is 5.91 Å². The van der Waals surface area contributed by atoms with Gasteiger partial charge >= 0.3 is 0 Å². The summed E-state index contributed by atoms with van der Waals surface area (Å²) < 4.78 is 5.33. The van der Waals surface area contributed by atoms with Crippen molar-refractivity contribution >= 4 is 11.9 Å². The topological polar surface area (TPSA) is 67.4 Å². The first-order valence-corrected chi connectivity index (χ1v) is 7.67. The van der Waals surface area contributed by atoms with Crippen LogP contribution in [0.1, 0.15) is 42.4 Å². The van der Waals surface area contributed by atoms with Gasteiger partial charge in [-0.25, -0.2) is 9.97 Å². The summed E-state index contributed by atoms with van der Waals surface area (Å²) in [6.07, 6.45) is 3.27. The molecule has 0 aromatic carbocycles. The van der Waals surface area contributed by atoms with Gasteiger partial charge in [-0.2, -0.15) is 0 Å². The second-order valence-electron chi connectivity index (χ2n) is 5.26. The lowest BCUT2D eigenvalue weighted by Gasteiger charge is -2.27. The smallest absolute Gasteiger partial charge is 0.270 e. The van der Waals surface area contributed by atoms with Crippen molar-refractivity contribution in [2.45, 2.75) is 33.1 Å². The number of morpholine rings is 1. The van der Waals surface area contributed by atoms with E-state index in [4.69, 9.17) is 4.74 Å². The minimum Gasteiger partial charge on any atom is -0.378 e. The molecule has 2 rings (SSSR count). The number of rotatable bonds is 6. The van der Waals surface area contributed by atoms with E-state index in [1.54, 1.807) is 6.07 Å². The Kier molecular flexibility index (Phi) is 5.92. The molecule has 116 valence electrons. The van der Waals surface area contributed by atoms with Gasteiger partial charge in [0.2, 0.25) is 5.95 Å². The second kappa shape index (κ2) is 7.93. The van der Waals surface area contributed by atoms with Crippen molar-refractivity contribution in [2.24, 2.45) is 0 Å². The lowest BCUT2D eigenvalue weighted by molar-refractivity contribution is 0.0947. The number of hydrogen-bond donors (Lipinski definition) is 1. The number of carbonyl (C=O) groups is 1. The van der Waals surface area contributed by atoms with Crippen molar-refractivity contribution in [2.75, 3.05) is 37.7 Å². The monoisotopic (exact) mass is 292 g/mol. The van der Waals surface area contributed by atoms with Crippen LogP contribution in [-0.2, 0) is 4.74 Å². The highest BCUT2D eigenvalue weighted by Gasteiger charge is 2.17. The van der Waals surface area contributed by atoms with Crippen molar-refractivity contribution in [1.29, 1.82) is 0 Å². The fourth-order valence-electron chi connectivity index (χ4n) is 2.24. The maximum atomic E-state index is 12.2. The number of ether oxygens (including phenoxy) is 1. The molecule has 0 bridgehead atoms. The van der Waals surface area contributed by atoms with Gasteiger partial charge in [-0.1, -0.05) is 19.8 Å². The van der Waals surface area contributed by atoms with Gasteiger partial charge in [0.15, 0.2) is 0 Å².